The number of benzene rings is 2. The van der Waals surface area contributed by atoms with E-state index >= 15 is 4.39 Å². The molecule has 4 aliphatic rings. The van der Waals surface area contributed by atoms with Crippen LogP contribution in [0.3, 0.4) is 0 Å². The molecule has 3 atom stereocenters. The summed E-state index contributed by atoms with van der Waals surface area (Å²) < 4.78 is 23.1. The fourth-order valence-electron chi connectivity index (χ4n) is 10.3. The van der Waals surface area contributed by atoms with Crippen LogP contribution in [-0.4, -0.2) is 86.8 Å². The Morgan fingerprint density at radius 3 is 2.52 bits per heavy atom. The first-order valence-corrected chi connectivity index (χ1v) is 23.8. The number of nitrogen functional groups attached to an aromatic ring is 1. The van der Waals surface area contributed by atoms with Gasteiger partial charge in [0.15, 0.2) is 5.82 Å². The number of rotatable bonds is 8. The third-order valence-corrected chi connectivity index (χ3v) is 13.8. The van der Waals surface area contributed by atoms with E-state index in [9.17, 15) is 19.2 Å². The average molecular weight is 913 g/mol. The van der Waals surface area contributed by atoms with Crippen molar-refractivity contribution in [3.63, 3.8) is 0 Å². The molecule has 67 heavy (non-hydrogen) atoms. The molecule has 2 aromatic carbocycles. The first kappa shape index (κ1) is 45.7. The number of nitrogens with zero attached hydrogens (tertiary/aromatic N) is 6. The number of amides is 4. The number of halogens is 1. The largest absolute Gasteiger partial charge is 0.382 e. The third kappa shape index (κ3) is 10.4. The molecule has 16 heteroatoms. The summed E-state index contributed by atoms with van der Waals surface area (Å²) in [6.07, 6.45) is 13.8. The van der Waals surface area contributed by atoms with Crippen molar-refractivity contribution in [2.45, 2.75) is 115 Å². The number of imidazole rings is 1. The molecule has 0 spiro atoms. The molecule has 1 saturated carbocycles. The van der Waals surface area contributed by atoms with Crippen LogP contribution >= 0.6 is 0 Å². The summed E-state index contributed by atoms with van der Waals surface area (Å²) in [6.45, 7) is 9.31. The van der Waals surface area contributed by atoms with E-state index in [1.807, 2.05) is 57.3 Å². The summed E-state index contributed by atoms with van der Waals surface area (Å²) in [5.74, 6) is 1.07. The Morgan fingerprint density at radius 1 is 0.970 bits per heavy atom. The highest BCUT2D eigenvalue weighted by molar-refractivity contribution is 6.01. The first-order chi connectivity index (χ1) is 32.2. The number of imide groups is 1. The molecule has 1 unspecified atom stereocenters. The molecule has 1 aliphatic carbocycles. The van der Waals surface area contributed by atoms with Crippen molar-refractivity contribution in [3.05, 3.63) is 95.0 Å². The quantitative estimate of drug-likeness (QED) is 0.114. The predicted octanol–water partition coefficient (Wildman–Crippen LogP) is 7.27. The van der Waals surface area contributed by atoms with Crippen LogP contribution in [0.2, 0.25) is 0 Å². The van der Waals surface area contributed by atoms with E-state index in [0.29, 0.717) is 60.6 Å². The van der Waals surface area contributed by atoms with Crippen molar-refractivity contribution in [3.8, 4) is 11.3 Å². The zero-order valence-electron chi connectivity index (χ0n) is 38.7. The SMILES string of the molecule is CC(C)(C)c1cc(NC(=O)Cc2ccc(-c3nc4n5c(cnc(N)c35)/C=C/CCCN(CC3CCN(c5ccc(C6CCC(=O)NC6=O)cc5F)CC3)CC(=O)N[C@@H]3CCC[C@@H]4C3)cc2)no1. The van der Waals surface area contributed by atoms with Crippen molar-refractivity contribution in [2.24, 2.45) is 5.92 Å². The Bertz CT molecular complexity index is 2680. The molecule has 352 valence electrons. The Kier molecular flexibility index (Phi) is 13.3. The van der Waals surface area contributed by atoms with Gasteiger partial charge in [0.1, 0.15) is 34.4 Å². The van der Waals surface area contributed by atoms with Crippen molar-refractivity contribution in [1.29, 1.82) is 0 Å². The van der Waals surface area contributed by atoms with Gasteiger partial charge in [-0.05, 0) is 93.2 Å². The van der Waals surface area contributed by atoms with Crippen LogP contribution in [-0.2, 0) is 31.0 Å². The van der Waals surface area contributed by atoms with Gasteiger partial charge < -0.3 is 25.8 Å². The number of carbonyl (C=O) groups excluding carboxylic acids is 4. The number of allylic oxidation sites excluding steroid dienone is 1. The van der Waals surface area contributed by atoms with Gasteiger partial charge in [0.2, 0.25) is 23.6 Å². The van der Waals surface area contributed by atoms with Gasteiger partial charge in [-0.3, -0.25) is 33.8 Å². The van der Waals surface area contributed by atoms with Crippen molar-refractivity contribution < 1.29 is 28.1 Å². The summed E-state index contributed by atoms with van der Waals surface area (Å²) in [5, 5.41) is 12.6. The highest BCUT2D eigenvalue weighted by Crippen LogP contribution is 2.39. The third-order valence-electron chi connectivity index (χ3n) is 13.8. The van der Waals surface area contributed by atoms with Crippen molar-refractivity contribution in [2.75, 3.05) is 48.7 Å². The molecule has 2 bridgehead atoms. The lowest BCUT2D eigenvalue weighted by Crippen LogP contribution is -2.46. The van der Waals surface area contributed by atoms with Gasteiger partial charge in [-0.15, -0.1) is 0 Å². The Hall–Kier alpha value is -6.42. The smallest absolute Gasteiger partial charge is 0.234 e. The lowest BCUT2D eigenvalue weighted by atomic mass is 9.85. The van der Waals surface area contributed by atoms with Gasteiger partial charge in [-0.2, -0.15) is 0 Å². The number of piperidine rings is 2. The summed E-state index contributed by atoms with van der Waals surface area (Å²) in [7, 11) is 0. The first-order valence-electron chi connectivity index (χ1n) is 23.8. The highest BCUT2D eigenvalue weighted by Gasteiger charge is 2.33. The van der Waals surface area contributed by atoms with Gasteiger partial charge in [-0.25, -0.2) is 14.4 Å². The Balaban J connectivity index is 0.871. The molecule has 5 N–H and O–H groups in total. The predicted molar refractivity (Wildman–Crippen MR) is 255 cm³/mol. The highest BCUT2D eigenvalue weighted by atomic mass is 19.1. The number of hydrogen-bond donors (Lipinski definition) is 4. The van der Waals surface area contributed by atoms with Crippen LogP contribution in [0, 0.1) is 11.7 Å². The zero-order valence-corrected chi connectivity index (χ0v) is 38.7. The monoisotopic (exact) mass is 912 g/mol. The van der Waals surface area contributed by atoms with E-state index in [2.05, 4.69) is 52.4 Å². The lowest BCUT2D eigenvalue weighted by Gasteiger charge is -2.36. The number of carbonyl (C=O) groups is 4. The molecule has 3 fully saturated rings. The molecule has 4 amide bonds. The Morgan fingerprint density at radius 2 is 1.78 bits per heavy atom. The van der Waals surface area contributed by atoms with Gasteiger partial charge in [0.25, 0.3) is 0 Å². The molecule has 6 heterocycles. The second-order valence-electron chi connectivity index (χ2n) is 19.9. The molecular formula is C51H61FN10O5. The zero-order chi connectivity index (χ0) is 46.8. The van der Waals surface area contributed by atoms with E-state index in [4.69, 9.17) is 15.2 Å². The Labute approximate surface area is 390 Å². The van der Waals surface area contributed by atoms with Crippen molar-refractivity contribution >= 4 is 52.5 Å². The van der Waals surface area contributed by atoms with Crippen LogP contribution in [0.25, 0.3) is 22.9 Å². The maximum atomic E-state index is 15.5. The van der Waals surface area contributed by atoms with Gasteiger partial charge in [-0.1, -0.05) is 68.8 Å². The van der Waals surface area contributed by atoms with Crippen LogP contribution < -0.4 is 26.6 Å². The number of fused-ring (bicyclic) bond motifs is 3. The second kappa shape index (κ2) is 19.4. The van der Waals surface area contributed by atoms with E-state index < -0.39 is 5.92 Å². The van der Waals surface area contributed by atoms with Gasteiger partial charge in [0.05, 0.1) is 36.5 Å². The van der Waals surface area contributed by atoms with Crippen LogP contribution in [0.4, 0.5) is 21.7 Å². The van der Waals surface area contributed by atoms with Crippen LogP contribution in [0.5, 0.6) is 0 Å². The molecular weight excluding hydrogens is 852 g/mol. The molecule has 5 aromatic rings. The molecule has 0 radical (unpaired) electrons. The van der Waals surface area contributed by atoms with E-state index in [0.717, 1.165) is 98.3 Å². The van der Waals surface area contributed by atoms with E-state index in [1.54, 1.807) is 12.1 Å². The minimum absolute atomic E-state index is 0.00514. The standard InChI is InChI=1S/C51H61FN10O5/c1-51(2,3)41-27-42(59-67-41)56-44(64)24-31-11-13-33(14-12-31)46-47-48(53)54-28-37-10-5-4-6-21-60(30-45(65)55-36-9-7-8-35(25-36)49(58-46)62(37)47)29-32-19-22-61(23-20-32)40-17-15-34(26-39(40)52)38-16-18-43(63)57-50(38)66/h5,10-15,17,26-28,32,35-36,38H,4,6-9,16,18-25,29-30H2,1-3H3,(H2,53,54)(H,55,65)(H,56,59,64)(H,57,63,66)/b10-5+/t35-,36-,38?/m1/s1. The van der Waals surface area contributed by atoms with Crippen molar-refractivity contribution in [1.82, 2.24) is 35.1 Å². The number of nitrogens with two attached hydrogens (primary N) is 1. The molecule has 3 aliphatic heterocycles. The fourth-order valence-corrected chi connectivity index (χ4v) is 10.3. The second-order valence-corrected chi connectivity index (χ2v) is 19.9. The molecule has 3 aromatic heterocycles. The number of hydrogen-bond acceptors (Lipinski definition) is 11. The van der Waals surface area contributed by atoms with Crippen LogP contribution in [0.1, 0.15) is 125 Å². The van der Waals surface area contributed by atoms with E-state index in [1.165, 1.54) is 6.07 Å². The number of aromatic nitrogens is 4. The maximum absolute atomic E-state index is 15.5. The number of nitrogens with one attached hydrogen (secondary N) is 3. The minimum atomic E-state index is -0.526. The minimum Gasteiger partial charge on any atom is -0.382 e. The fraction of sp³-hybridized carbons (Fsp3) is 0.471. The summed E-state index contributed by atoms with van der Waals surface area (Å²) in [6, 6.07) is 14.6. The maximum Gasteiger partial charge on any atom is 0.234 e. The lowest BCUT2D eigenvalue weighted by molar-refractivity contribution is -0.134. The number of anilines is 3. The van der Waals surface area contributed by atoms with Gasteiger partial charge >= 0.3 is 0 Å². The average Bonchev–Trinajstić information content (AvgIpc) is 3.94. The van der Waals surface area contributed by atoms with Gasteiger partial charge in [0, 0.05) is 55.1 Å². The van der Waals surface area contributed by atoms with Crippen LogP contribution in [0.15, 0.2) is 65.3 Å². The summed E-state index contributed by atoms with van der Waals surface area (Å²) in [5.41, 5.74) is 11.6. The normalized spacial score (nSPS) is 21.9. The molecule has 9 rings (SSSR count). The van der Waals surface area contributed by atoms with E-state index in [-0.39, 0.29) is 59.7 Å². The molecule has 2 saturated heterocycles. The topological polar surface area (TPSA) is 193 Å². The molecule has 15 nitrogen and oxygen atoms in total. The summed E-state index contributed by atoms with van der Waals surface area (Å²) >= 11 is 0. The summed E-state index contributed by atoms with van der Waals surface area (Å²) in [4.78, 5) is 65.2.